The van der Waals surface area contributed by atoms with E-state index in [1.54, 1.807) is 0 Å². The van der Waals surface area contributed by atoms with Crippen LogP contribution in [0.3, 0.4) is 0 Å². The van der Waals surface area contributed by atoms with Gasteiger partial charge in [0, 0.05) is 6.61 Å². The van der Waals surface area contributed by atoms with Crippen molar-refractivity contribution in [2.45, 2.75) is 6.92 Å². The van der Waals surface area contributed by atoms with Crippen LogP contribution in [0.25, 0.3) is 0 Å². The maximum atomic E-state index is 8.41. The Morgan fingerprint density at radius 2 is 2.40 bits per heavy atom. The average Bonchev–Trinajstić information content (AvgIpc) is 1.98. The molecule has 0 aliphatic heterocycles. The van der Waals surface area contributed by atoms with Crippen LogP contribution >= 0.6 is 0 Å². The van der Waals surface area contributed by atoms with Crippen molar-refractivity contribution in [3.8, 4) is 6.07 Å². The molecule has 3 heteroatoms. The van der Waals surface area contributed by atoms with E-state index in [-0.39, 0.29) is 0 Å². The SMILES string of the molecule is CCOCC(C#N)=COC. The van der Waals surface area contributed by atoms with Gasteiger partial charge >= 0.3 is 0 Å². The van der Waals surface area contributed by atoms with Gasteiger partial charge in [0.25, 0.3) is 0 Å². The summed E-state index contributed by atoms with van der Waals surface area (Å²) in [5, 5.41) is 8.41. The number of methoxy groups -OCH3 is 1. The molecule has 0 heterocycles. The number of hydrogen-bond donors (Lipinski definition) is 0. The highest BCUT2D eigenvalue weighted by Gasteiger charge is 1.92. The Morgan fingerprint density at radius 1 is 1.70 bits per heavy atom. The summed E-state index contributed by atoms with van der Waals surface area (Å²) in [6, 6.07) is 1.95. The van der Waals surface area contributed by atoms with Gasteiger partial charge in [-0.1, -0.05) is 0 Å². The lowest BCUT2D eigenvalue weighted by atomic mass is 10.3. The minimum Gasteiger partial charge on any atom is -0.503 e. The van der Waals surface area contributed by atoms with E-state index in [0.717, 1.165) is 0 Å². The predicted molar refractivity (Wildman–Crippen MR) is 37.2 cm³/mol. The lowest BCUT2D eigenvalue weighted by Gasteiger charge is -1.96. The van der Waals surface area contributed by atoms with Crippen LogP contribution in [0, 0.1) is 11.3 Å². The first kappa shape index (κ1) is 8.99. The molecule has 0 aromatic rings. The fraction of sp³-hybridized carbons (Fsp3) is 0.571. The van der Waals surface area contributed by atoms with Gasteiger partial charge in [0.1, 0.15) is 6.07 Å². The summed E-state index contributed by atoms with van der Waals surface area (Å²) >= 11 is 0. The van der Waals surface area contributed by atoms with Gasteiger partial charge in [0.05, 0.1) is 25.6 Å². The van der Waals surface area contributed by atoms with E-state index in [9.17, 15) is 0 Å². The van der Waals surface area contributed by atoms with Gasteiger partial charge < -0.3 is 9.47 Å². The Morgan fingerprint density at radius 3 is 2.80 bits per heavy atom. The topological polar surface area (TPSA) is 42.2 Å². The highest BCUT2D eigenvalue weighted by Crippen LogP contribution is 1.92. The van der Waals surface area contributed by atoms with E-state index in [4.69, 9.17) is 10.00 Å². The first-order chi connectivity index (χ1) is 4.85. The van der Waals surface area contributed by atoms with Gasteiger partial charge in [-0.2, -0.15) is 5.26 Å². The maximum Gasteiger partial charge on any atom is 0.100 e. The zero-order chi connectivity index (χ0) is 7.82. The van der Waals surface area contributed by atoms with Crippen molar-refractivity contribution in [1.29, 1.82) is 5.26 Å². The van der Waals surface area contributed by atoms with E-state index in [1.807, 2.05) is 13.0 Å². The van der Waals surface area contributed by atoms with Gasteiger partial charge in [-0.25, -0.2) is 0 Å². The van der Waals surface area contributed by atoms with Crippen molar-refractivity contribution in [3.63, 3.8) is 0 Å². The van der Waals surface area contributed by atoms with Gasteiger partial charge in [-0.3, -0.25) is 0 Å². The molecule has 0 amide bonds. The number of rotatable bonds is 4. The molecule has 0 aliphatic rings. The molecule has 0 saturated carbocycles. The Kier molecular flexibility index (Phi) is 5.50. The van der Waals surface area contributed by atoms with Crippen LogP contribution < -0.4 is 0 Å². The fourth-order valence-corrected chi connectivity index (χ4v) is 0.447. The first-order valence-electron chi connectivity index (χ1n) is 3.04. The zero-order valence-corrected chi connectivity index (χ0v) is 6.26. The third-order valence-corrected chi connectivity index (χ3v) is 0.865. The summed E-state index contributed by atoms with van der Waals surface area (Å²) in [5.74, 6) is 0. The molecule has 0 aromatic heterocycles. The molecule has 0 radical (unpaired) electrons. The molecule has 0 unspecified atom stereocenters. The van der Waals surface area contributed by atoms with Crippen LogP contribution in [-0.4, -0.2) is 20.3 Å². The number of hydrogen-bond acceptors (Lipinski definition) is 3. The number of nitrogens with zero attached hydrogens (tertiary/aromatic N) is 1. The Balaban J connectivity index is 3.64. The summed E-state index contributed by atoms with van der Waals surface area (Å²) in [6.07, 6.45) is 1.38. The highest BCUT2D eigenvalue weighted by atomic mass is 16.5. The summed E-state index contributed by atoms with van der Waals surface area (Å²) in [4.78, 5) is 0. The molecule has 0 rings (SSSR count). The van der Waals surface area contributed by atoms with Crippen molar-refractivity contribution in [2.75, 3.05) is 20.3 Å². The fourth-order valence-electron chi connectivity index (χ4n) is 0.447. The molecule has 0 bridgehead atoms. The van der Waals surface area contributed by atoms with Crippen molar-refractivity contribution < 1.29 is 9.47 Å². The molecule has 10 heavy (non-hydrogen) atoms. The summed E-state index contributed by atoms with van der Waals surface area (Å²) in [7, 11) is 1.50. The predicted octanol–water partition coefficient (Wildman–Crippen LogP) is 1.08. The van der Waals surface area contributed by atoms with Crippen LogP contribution in [0.2, 0.25) is 0 Å². The second-order valence-corrected chi connectivity index (χ2v) is 1.63. The third-order valence-electron chi connectivity index (χ3n) is 0.865. The second-order valence-electron chi connectivity index (χ2n) is 1.63. The van der Waals surface area contributed by atoms with Crippen LogP contribution in [-0.2, 0) is 9.47 Å². The molecule has 0 spiro atoms. The Hall–Kier alpha value is -1.01. The van der Waals surface area contributed by atoms with E-state index in [2.05, 4.69) is 4.74 Å². The normalized spacial score (nSPS) is 10.7. The lowest BCUT2D eigenvalue weighted by Crippen LogP contribution is -1.95. The summed E-state index contributed by atoms with van der Waals surface area (Å²) in [6.45, 7) is 2.82. The van der Waals surface area contributed by atoms with Crippen LogP contribution in [0.1, 0.15) is 6.92 Å². The standard InChI is InChI=1S/C7H11NO2/c1-3-10-6-7(4-8)5-9-2/h5H,3,6H2,1-2H3. The molecule has 0 N–H and O–H groups in total. The Bertz CT molecular complexity index is 146. The van der Waals surface area contributed by atoms with Crippen molar-refractivity contribution in [2.24, 2.45) is 0 Å². The smallest absolute Gasteiger partial charge is 0.100 e. The van der Waals surface area contributed by atoms with Gasteiger partial charge in [0.2, 0.25) is 0 Å². The molecule has 0 saturated heterocycles. The van der Waals surface area contributed by atoms with E-state index < -0.39 is 0 Å². The lowest BCUT2D eigenvalue weighted by molar-refractivity contribution is 0.170. The van der Waals surface area contributed by atoms with E-state index >= 15 is 0 Å². The molecule has 3 nitrogen and oxygen atoms in total. The quantitative estimate of drug-likeness (QED) is 0.434. The minimum atomic E-state index is 0.334. The molecule has 0 atom stereocenters. The van der Waals surface area contributed by atoms with Crippen molar-refractivity contribution in [1.82, 2.24) is 0 Å². The largest absolute Gasteiger partial charge is 0.503 e. The maximum absolute atomic E-state index is 8.41. The number of nitriles is 1. The van der Waals surface area contributed by atoms with Crippen molar-refractivity contribution in [3.05, 3.63) is 11.8 Å². The van der Waals surface area contributed by atoms with Gasteiger partial charge in [-0.05, 0) is 6.92 Å². The zero-order valence-electron chi connectivity index (χ0n) is 6.26. The van der Waals surface area contributed by atoms with Crippen LogP contribution in [0.15, 0.2) is 11.8 Å². The molecular weight excluding hydrogens is 130 g/mol. The first-order valence-corrected chi connectivity index (χ1v) is 3.04. The molecular formula is C7H11NO2. The molecule has 56 valence electrons. The van der Waals surface area contributed by atoms with Gasteiger partial charge in [-0.15, -0.1) is 0 Å². The molecule has 0 aliphatic carbocycles. The second kappa shape index (κ2) is 6.12. The van der Waals surface area contributed by atoms with Gasteiger partial charge in [0.15, 0.2) is 0 Å². The third kappa shape index (κ3) is 3.93. The summed E-state index contributed by atoms with van der Waals surface area (Å²) in [5.41, 5.74) is 0.504. The van der Waals surface area contributed by atoms with Crippen molar-refractivity contribution >= 4 is 0 Å². The molecule has 0 aromatic carbocycles. The van der Waals surface area contributed by atoms with Crippen LogP contribution in [0.5, 0.6) is 0 Å². The Labute approximate surface area is 60.9 Å². The molecule has 0 fully saturated rings. The highest BCUT2D eigenvalue weighted by molar-refractivity contribution is 5.18. The van der Waals surface area contributed by atoms with E-state index in [0.29, 0.717) is 18.8 Å². The monoisotopic (exact) mass is 141 g/mol. The van der Waals surface area contributed by atoms with E-state index in [1.165, 1.54) is 13.4 Å². The van der Waals surface area contributed by atoms with Crippen LogP contribution in [0.4, 0.5) is 0 Å². The minimum absolute atomic E-state index is 0.334. The number of ether oxygens (including phenoxy) is 2. The summed E-state index contributed by atoms with van der Waals surface area (Å²) < 4.78 is 9.60. The average molecular weight is 141 g/mol.